The quantitative estimate of drug-likeness (QED) is 0.622. The molecule has 1 rings (SSSR count). The van der Waals surface area contributed by atoms with Crippen molar-refractivity contribution in [2.45, 2.75) is 20.3 Å². The Morgan fingerprint density at radius 1 is 1.60 bits per heavy atom. The van der Waals surface area contributed by atoms with Crippen molar-refractivity contribution >= 4 is 11.6 Å². The molecule has 0 amide bonds. The van der Waals surface area contributed by atoms with Gasteiger partial charge in [-0.15, -0.1) is 0 Å². The molecule has 54 valence electrons. The maximum absolute atomic E-state index is 5.66. The van der Waals surface area contributed by atoms with Gasteiger partial charge in [-0.2, -0.15) is 0 Å². The van der Waals surface area contributed by atoms with Gasteiger partial charge in [-0.05, 0) is 13.3 Å². The molecule has 3 heteroatoms. The summed E-state index contributed by atoms with van der Waals surface area (Å²) in [5, 5.41) is 0.497. The van der Waals surface area contributed by atoms with Crippen molar-refractivity contribution in [3.63, 3.8) is 0 Å². The van der Waals surface area contributed by atoms with Gasteiger partial charge < -0.3 is 0 Å². The number of hydrogen-bond donors (Lipinski definition) is 0. The van der Waals surface area contributed by atoms with E-state index in [0.29, 0.717) is 5.15 Å². The summed E-state index contributed by atoms with van der Waals surface area (Å²) in [5.41, 5.74) is 1.79. The first-order valence-electron chi connectivity index (χ1n) is 3.22. The van der Waals surface area contributed by atoms with Gasteiger partial charge in [0.2, 0.25) is 0 Å². The number of nitrogens with zero attached hydrogens (tertiary/aromatic N) is 2. The van der Waals surface area contributed by atoms with Gasteiger partial charge in [-0.25, -0.2) is 4.98 Å². The Morgan fingerprint density at radius 2 is 2.30 bits per heavy atom. The van der Waals surface area contributed by atoms with Crippen molar-refractivity contribution in [2.24, 2.45) is 0 Å². The first-order valence-corrected chi connectivity index (χ1v) is 3.60. The highest BCUT2D eigenvalue weighted by atomic mass is 35.5. The highest BCUT2D eigenvalue weighted by molar-refractivity contribution is 6.29. The van der Waals surface area contributed by atoms with E-state index >= 15 is 0 Å². The van der Waals surface area contributed by atoms with Gasteiger partial charge in [0.1, 0.15) is 5.15 Å². The molecule has 0 aliphatic rings. The van der Waals surface area contributed by atoms with Crippen molar-refractivity contribution < 1.29 is 0 Å². The highest BCUT2D eigenvalue weighted by Gasteiger charge is 1.97. The Morgan fingerprint density at radius 3 is 2.80 bits per heavy atom. The summed E-state index contributed by atoms with van der Waals surface area (Å²) in [6.45, 7) is 3.89. The zero-order chi connectivity index (χ0) is 7.56. The lowest BCUT2D eigenvalue weighted by atomic mass is 10.3. The van der Waals surface area contributed by atoms with Crippen molar-refractivity contribution in [1.82, 2.24) is 9.97 Å². The average Bonchev–Trinajstić information content (AvgIpc) is 1.95. The molecule has 0 fully saturated rings. The van der Waals surface area contributed by atoms with Gasteiger partial charge in [-0.1, -0.05) is 18.5 Å². The molecular weight excluding hydrogens is 148 g/mol. The fourth-order valence-corrected chi connectivity index (χ4v) is 0.776. The predicted molar refractivity (Wildman–Crippen MR) is 41.2 cm³/mol. The molecular formula is C7H9ClN2. The molecule has 0 saturated carbocycles. The third kappa shape index (κ3) is 1.45. The van der Waals surface area contributed by atoms with E-state index in [1.54, 1.807) is 6.20 Å². The fraction of sp³-hybridized carbons (Fsp3) is 0.429. The lowest BCUT2D eigenvalue weighted by molar-refractivity contribution is 0.968. The maximum Gasteiger partial charge on any atom is 0.150 e. The fourth-order valence-electron chi connectivity index (χ4n) is 0.685. The molecule has 1 aromatic heterocycles. The monoisotopic (exact) mass is 156 g/mol. The molecule has 0 atom stereocenters. The summed E-state index contributed by atoms with van der Waals surface area (Å²) in [6, 6.07) is 0. The maximum atomic E-state index is 5.66. The minimum Gasteiger partial charge on any atom is -0.253 e. The van der Waals surface area contributed by atoms with Crippen LogP contribution in [0.5, 0.6) is 0 Å². The molecule has 0 radical (unpaired) electrons. The SMILES string of the molecule is CCc1cnc(Cl)c(C)n1. The molecule has 1 heterocycles. The summed E-state index contributed by atoms with van der Waals surface area (Å²) < 4.78 is 0. The third-order valence-corrected chi connectivity index (χ3v) is 1.67. The van der Waals surface area contributed by atoms with E-state index in [9.17, 15) is 0 Å². The first-order chi connectivity index (χ1) is 4.74. The molecule has 0 saturated heterocycles. The van der Waals surface area contributed by atoms with Crippen LogP contribution in [-0.2, 0) is 6.42 Å². The Hall–Kier alpha value is -0.630. The lowest BCUT2D eigenvalue weighted by Gasteiger charge is -1.97. The van der Waals surface area contributed by atoms with E-state index in [1.165, 1.54) is 0 Å². The molecule has 1 aromatic rings. The predicted octanol–water partition coefficient (Wildman–Crippen LogP) is 2.00. The molecule has 0 aromatic carbocycles. The number of aryl methyl sites for hydroxylation is 2. The van der Waals surface area contributed by atoms with Crippen molar-refractivity contribution in [2.75, 3.05) is 0 Å². The largest absolute Gasteiger partial charge is 0.253 e. The third-order valence-electron chi connectivity index (χ3n) is 1.30. The van der Waals surface area contributed by atoms with Crippen LogP contribution in [0.1, 0.15) is 18.3 Å². The highest BCUT2D eigenvalue weighted by Crippen LogP contribution is 2.08. The van der Waals surface area contributed by atoms with E-state index in [-0.39, 0.29) is 0 Å². The van der Waals surface area contributed by atoms with E-state index in [2.05, 4.69) is 9.97 Å². The van der Waals surface area contributed by atoms with E-state index in [4.69, 9.17) is 11.6 Å². The minimum atomic E-state index is 0.497. The molecule has 0 aliphatic heterocycles. The number of halogens is 1. The second-order valence-corrected chi connectivity index (χ2v) is 2.45. The van der Waals surface area contributed by atoms with Gasteiger partial charge >= 0.3 is 0 Å². The standard InChI is InChI=1S/C7H9ClN2/c1-3-6-4-9-7(8)5(2)10-6/h4H,3H2,1-2H3. The van der Waals surface area contributed by atoms with Crippen molar-refractivity contribution in [3.05, 3.63) is 22.7 Å². The summed E-state index contributed by atoms with van der Waals surface area (Å²) in [4.78, 5) is 8.15. The van der Waals surface area contributed by atoms with E-state index < -0.39 is 0 Å². The van der Waals surface area contributed by atoms with Crippen LogP contribution in [0.3, 0.4) is 0 Å². The van der Waals surface area contributed by atoms with Crippen molar-refractivity contribution in [1.29, 1.82) is 0 Å². The van der Waals surface area contributed by atoms with Crippen LogP contribution in [0.2, 0.25) is 5.15 Å². The van der Waals surface area contributed by atoms with Crippen LogP contribution in [0.25, 0.3) is 0 Å². The molecule has 0 bridgehead atoms. The average molecular weight is 157 g/mol. The van der Waals surface area contributed by atoms with Gasteiger partial charge in [0.25, 0.3) is 0 Å². The van der Waals surface area contributed by atoms with Gasteiger partial charge in [0, 0.05) is 0 Å². The summed E-state index contributed by atoms with van der Waals surface area (Å²) in [6.07, 6.45) is 2.61. The zero-order valence-corrected chi connectivity index (χ0v) is 6.81. The van der Waals surface area contributed by atoms with Crippen LogP contribution >= 0.6 is 11.6 Å². The zero-order valence-electron chi connectivity index (χ0n) is 6.06. The Bertz CT molecular complexity index is 235. The molecule has 10 heavy (non-hydrogen) atoms. The topological polar surface area (TPSA) is 25.8 Å². The smallest absolute Gasteiger partial charge is 0.150 e. The van der Waals surface area contributed by atoms with Gasteiger partial charge in [0.15, 0.2) is 0 Å². The Balaban J connectivity index is 3.04. The van der Waals surface area contributed by atoms with Crippen LogP contribution in [0.15, 0.2) is 6.20 Å². The van der Waals surface area contributed by atoms with Crippen molar-refractivity contribution in [3.8, 4) is 0 Å². The van der Waals surface area contributed by atoms with E-state index in [0.717, 1.165) is 17.8 Å². The van der Waals surface area contributed by atoms with Gasteiger partial charge in [0.05, 0.1) is 17.6 Å². The molecule has 0 spiro atoms. The first kappa shape index (κ1) is 7.48. The molecule has 0 aliphatic carbocycles. The molecule has 2 nitrogen and oxygen atoms in total. The summed E-state index contributed by atoms with van der Waals surface area (Å²) in [7, 11) is 0. The lowest BCUT2D eigenvalue weighted by Crippen LogP contribution is -1.92. The Labute approximate surface area is 65.3 Å². The number of rotatable bonds is 1. The Kier molecular flexibility index (Phi) is 2.22. The second-order valence-electron chi connectivity index (χ2n) is 2.09. The summed E-state index contributed by atoms with van der Waals surface area (Å²) in [5.74, 6) is 0. The molecule has 0 N–H and O–H groups in total. The summed E-state index contributed by atoms with van der Waals surface area (Å²) >= 11 is 5.66. The molecule has 0 unspecified atom stereocenters. The number of hydrogen-bond acceptors (Lipinski definition) is 2. The van der Waals surface area contributed by atoms with Crippen LogP contribution in [-0.4, -0.2) is 9.97 Å². The normalized spacial score (nSPS) is 9.90. The van der Waals surface area contributed by atoms with Gasteiger partial charge in [-0.3, -0.25) is 4.98 Å². The van der Waals surface area contributed by atoms with Crippen LogP contribution in [0, 0.1) is 6.92 Å². The van der Waals surface area contributed by atoms with Crippen LogP contribution in [0.4, 0.5) is 0 Å². The number of aromatic nitrogens is 2. The second kappa shape index (κ2) is 2.97. The minimum absolute atomic E-state index is 0.497. The van der Waals surface area contributed by atoms with E-state index in [1.807, 2.05) is 13.8 Å². The van der Waals surface area contributed by atoms with Crippen LogP contribution < -0.4 is 0 Å².